The van der Waals surface area contributed by atoms with Gasteiger partial charge in [0.25, 0.3) is 0 Å². The molecular weight excluding hydrogens is 371 g/mol. The average molecular weight is 395 g/mol. The molecule has 3 aromatic carbocycles. The van der Waals surface area contributed by atoms with E-state index in [0.717, 1.165) is 50.5 Å². The van der Waals surface area contributed by atoms with Gasteiger partial charge in [-0.25, -0.2) is 0 Å². The van der Waals surface area contributed by atoms with E-state index >= 15 is 0 Å². The number of nitrogens with zero attached hydrogens (tertiary/aromatic N) is 1. The Balaban J connectivity index is 1.35. The van der Waals surface area contributed by atoms with E-state index in [1.54, 1.807) is 6.07 Å². The first-order valence-corrected chi connectivity index (χ1v) is 10.1. The van der Waals surface area contributed by atoms with Crippen molar-refractivity contribution in [2.75, 3.05) is 19.6 Å². The lowest BCUT2D eigenvalue weighted by atomic mass is 9.97. The minimum Gasteiger partial charge on any atom is -0.299 e. The largest absolute Gasteiger partial charge is 0.416 e. The summed E-state index contributed by atoms with van der Waals surface area (Å²) in [5.74, 6) is 0. The van der Waals surface area contributed by atoms with Crippen LogP contribution in [-0.4, -0.2) is 24.5 Å². The molecule has 4 heteroatoms. The molecule has 0 amide bonds. The zero-order chi connectivity index (χ0) is 20.3. The van der Waals surface area contributed by atoms with Gasteiger partial charge in [-0.15, -0.1) is 0 Å². The van der Waals surface area contributed by atoms with Crippen LogP contribution >= 0.6 is 0 Å². The number of hydrogen-bond acceptors (Lipinski definition) is 1. The van der Waals surface area contributed by atoms with Gasteiger partial charge in [0.2, 0.25) is 0 Å². The predicted octanol–water partition coefficient (Wildman–Crippen LogP) is 6.58. The summed E-state index contributed by atoms with van der Waals surface area (Å²) in [5.41, 5.74) is 2.50. The van der Waals surface area contributed by atoms with Crippen molar-refractivity contribution in [3.8, 4) is 0 Å². The highest BCUT2D eigenvalue weighted by Crippen LogP contribution is 2.32. The van der Waals surface area contributed by atoms with Gasteiger partial charge in [-0.1, -0.05) is 60.7 Å². The lowest BCUT2D eigenvalue weighted by Crippen LogP contribution is -2.29. The molecule has 0 spiro atoms. The third kappa shape index (κ3) is 4.70. The molecule has 0 radical (unpaired) electrons. The zero-order valence-electron chi connectivity index (χ0n) is 16.3. The minimum absolute atomic E-state index is 0.576. The van der Waals surface area contributed by atoms with E-state index in [9.17, 15) is 13.2 Å². The Morgan fingerprint density at radius 1 is 0.897 bits per heavy atom. The van der Waals surface area contributed by atoms with E-state index in [-0.39, 0.29) is 0 Å². The van der Waals surface area contributed by atoms with E-state index < -0.39 is 11.7 Å². The normalized spacial score (nSPS) is 15.5. The number of fused-ring (bicyclic) bond motifs is 1. The highest BCUT2D eigenvalue weighted by molar-refractivity contribution is 5.85. The Hall–Kier alpha value is -2.59. The molecule has 150 valence electrons. The molecule has 1 heterocycles. The first-order valence-electron chi connectivity index (χ1n) is 10.1. The van der Waals surface area contributed by atoms with Crippen LogP contribution in [0.25, 0.3) is 16.3 Å². The quantitative estimate of drug-likeness (QED) is 0.472. The van der Waals surface area contributed by atoms with Crippen LogP contribution < -0.4 is 0 Å². The third-order valence-electron chi connectivity index (χ3n) is 5.65. The predicted molar refractivity (Wildman–Crippen MR) is 113 cm³/mol. The molecule has 0 aliphatic carbocycles. The van der Waals surface area contributed by atoms with Crippen molar-refractivity contribution in [1.29, 1.82) is 0 Å². The number of rotatable bonds is 5. The van der Waals surface area contributed by atoms with Crippen LogP contribution in [0.4, 0.5) is 13.2 Å². The molecule has 29 heavy (non-hydrogen) atoms. The Kier molecular flexibility index (Phi) is 5.72. The molecule has 0 bridgehead atoms. The van der Waals surface area contributed by atoms with Gasteiger partial charge in [0, 0.05) is 13.1 Å². The summed E-state index contributed by atoms with van der Waals surface area (Å²) >= 11 is 0. The van der Waals surface area contributed by atoms with E-state index in [2.05, 4.69) is 53.4 Å². The molecule has 0 unspecified atom stereocenters. The number of hydrogen-bond donors (Lipinski definition) is 0. The van der Waals surface area contributed by atoms with Gasteiger partial charge < -0.3 is 0 Å². The average Bonchev–Trinajstić information content (AvgIpc) is 2.74. The van der Waals surface area contributed by atoms with Crippen LogP contribution in [0.3, 0.4) is 0 Å². The number of benzene rings is 3. The van der Waals surface area contributed by atoms with Gasteiger partial charge >= 0.3 is 6.18 Å². The van der Waals surface area contributed by atoms with Gasteiger partial charge in [-0.05, 0) is 65.4 Å². The van der Waals surface area contributed by atoms with Crippen LogP contribution in [0, 0.1) is 0 Å². The van der Waals surface area contributed by atoms with Crippen LogP contribution in [0.15, 0.2) is 72.8 Å². The van der Waals surface area contributed by atoms with E-state index in [1.165, 1.54) is 28.5 Å². The van der Waals surface area contributed by atoms with E-state index in [0.29, 0.717) is 5.56 Å². The van der Waals surface area contributed by atoms with Crippen molar-refractivity contribution in [2.24, 2.45) is 0 Å². The Labute approximate surface area is 169 Å². The zero-order valence-corrected chi connectivity index (χ0v) is 16.3. The van der Waals surface area contributed by atoms with E-state index in [1.807, 2.05) is 0 Å². The first kappa shape index (κ1) is 19.7. The Morgan fingerprint density at radius 3 is 2.48 bits per heavy atom. The highest BCUT2D eigenvalue weighted by atomic mass is 19.4. The molecule has 1 aliphatic rings. The fourth-order valence-corrected chi connectivity index (χ4v) is 4.08. The van der Waals surface area contributed by atoms with E-state index in [4.69, 9.17) is 0 Å². The molecule has 4 rings (SSSR count). The monoisotopic (exact) mass is 395 g/mol. The van der Waals surface area contributed by atoms with Crippen molar-refractivity contribution in [3.63, 3.8) is 0 Å². The summed E-state index contributed by atoms with van der Waals surface area (Å²) in [6, 6.07) is 20.6. The number of alkyl halides is 3. The van der Waals surface area contributed by atoms with Gasteiger partial charge in [0.15, 0.2) is 0 Å². The van der Waals surface area contributed by atoms with Crippen molar-refractivity contribution in [3.05, 3.63) is 89.5 Å². The molecule has 0 aromatic heterocycles. The van der Waals surface area contributed by atoms with Crippen LogP contribution in [0.2, 0.25) is 0 Å². The molecular formula is C25H24F3N. The summed E-state index contributed by atoms with van der Waals surface area (Å²) in [4.78, 5) is 2.38. The Bertz CT molecular complexity index is 1010. The second kappa shape index (κ2) is 8.42. The molecule has 1 nitrogen and oxygen atoms in total. The molecule has 0 fully saturated rings. The third-order valence-corrected chi connectivity index (χ3v) is 5.65. The highest BCUT2D eigenvalue weighted by Gasteiger charge is 2.30. The molecule has 3 aromatic rings. The lowest BCUT2D eigenvalue weighted by Gasteiger charge is -2.26. The van der Waals surface area contributed by atoms with Crippen molar-refractivity contribution >= 4 is 16.3 Å². The van der Waals surface area contributed by atoms with Crippen molar-refractivity contribution < 1.29 is 13.2 Å². The SMILES string of the molecule is FC(F)(F)c1cccc(C2=CCN(CCCc3cccc4ccccc34)CC2)c1. The summed E-state index contributed by atoms with van der Waals surface area (Å²) in [6.07, 6.45) is 0.675. The second-order valence-electron chi connectivity index (χ2n) is 7.60. The first-order chi connectivity index (χ1) is 14.0. The fourth-order valence-electron chi connectivity index (χ4n) is 4.08. The number of aryl methyl sites for hydroxylation is 1. The van der Waals surface area contributed by atoms with Crippen LogP contribution in [0.5, 0.6) is 0 Å². The minimum atomic E-state index is -4.29. The van der Waals surface area contributed by atoms with Crippen LogP contribution in [0.1, 0.15) is 29.5 Å². The topological polar surface area (TPSA) is 3.24 Å². The second-order valence-corrected chi connectivity index (χ2v) is 7.60. The molecule has 0 saturated carbocycles. The van der Waals surface area contributed by atoms with Gasteiger partial charge in [0.05, 0.1) is 5.56 Å². The summed E-state index contributed by atoms with van der Waals surface area (Å²) in [6.45, 7) is 2.67. The molecule has 0 atom stereocenters. The van der Waals surface area contributed by atoms with Crippen LogP contribution in [-0.2, 0) is 12.6 Å². The molecule has 0 saturated heterocycles. The lowest BCUT2D eigenvalue weighted by molar-refractivity contribution is -0.137. The van der Waals surface area contributed by atoms with Crippen molar-refractivity contribution in [1.82, 2.24) is 4.90 Å². The maximum Gasteiger partial charge on any atom is 0.416 e. The molecule has 0 N–H and O–H groups in total. The summed E-state index contributed by atoms with van der Waals surface area (Å²) in [7, 11) is 0. The fraction of sp³-hybridized carbons (Fsp3) is 0.280. The maximum atomic E-state index is 12.9. The summed E-state index contributed by atoms with van der Waals surface area (Å²) in [5, 5.41) is 2.59. The van der Waals surface area contributed by atoms with Gasteiger partial charge in [0.1, 0.15) is 0 Å². The molecule has 1 aliphatic heterocycles. The summed E-state index contributed by atoms with van der Waals surface area (Å²) < 4.78 is 38.8. The maximum absolute atomic E-state index is 12.9. The van der Waals surface area contributed by atoms with Gasteiger partial charge in [-0.2, -0.15) is 13.2 Å². The Morgan fingerprint density at radius 2 is 1.69 bits per heavy atom. The smallest absolute Gasteiger partial charge is 0.299 e. The standard InChI is InChI=1S/C25H24F3N/c26-25(27,28)23-11-4-9-22(18-23)19-13-16-29(17-14-19)15-5-10-21-8-3-7-20-6-1-2-12-24(20)21/h1-4,6-9,11-13,18H,5,10,14-17H2. The van der Waals surface area contributed by atoms with Crippen molar-refractivity contribution in [2.45, 2.75) is 25.4 Å². The number of halogens is 3. The van der Waals surface area contributed by atoms with Gasteiger partial charge in [-0.3, -0.25) is 4.90 Å².